The number of benzene rings is 1. The van der Waals surface area contributed by atoms with Crippen molar-refractivity contribution < 1.29 is 14.6 Å². The third kappa shape index (κ3) is 4.48. The minimum Gasteiger partial charge on any atom is -0.396 e. The Morgan fingerprint density at radius 1 is 1.26 bits per heavy atom. The van der Waals surface area contributed by atoms with Gasteiger partial charge in [0.25, 0.3) is 0 Å². The molecule has 0 saturated carbocycles. The van der Waals surface area contributed by atoms with Gasteiger partial charge in [-0.1, -0.05) is 0 Å². The molecule has 0 bridgehead atoms. The van der Waals surface area contributed by atoms with E-state index in [2.05, 4.69) is 0 Å². The number of nitrogens with zero attached hydrogens (tertiary/aromatic N) is 1. The van der Waals surface area contributed by atoms with Gasteiger partial charge < -0.3 is 15.1 Å². The minimum absolute atomic E-state index is 0.221. The standard InChI is InChI=1S/C15H24FNO2/c1-11-9-15(13(12(2)19)10-14(11)16)17(3)7-5-4-6-8-18/h9-10,12,18-19H,4-8H2,1-3H3. The molecule has 0 aromatic heterocycles. The van der Waals surface area contributed by atoms with Gasteiger partial charge in [-0.15, -0.1) is 0 Å². The molecule has 4 heteroatoms. The topological polar surface area (TPSA) is 43.7 Å². The Labute approximate surface area is 114 Å². The number of aryl methyl sites for hydroxylation is 1. The Morgan fingerprint density at radius 2 is 1.95 bits per heavy atom. The summed E-state index contributed by atoms with van der Waals surface area (Å²) in [5.74, 6) is -0.284. The molecule has 0 aliphatic carbocycles. The number of hydrogen-bond acceptors (Lipinski definition) is 3. The number of hydrogen-bond donors (Lipinski definition) is 2. The van der Waals surface area contributed by atoms with E-state index in [4.69, 9.17) is 5.11 Å². The smallest absolute Gasteiger partial charge is 0.126 e. The van der Waals surface area contributed by atoms with Crippen LogP contribution in [0.15, 0.2) is 12.1 Å². The van der Waals surface area contributed by atoms with Crippen LogP contribution in [0.2, 0.25) is 0 Å². The highest BCUT2D eigenvalue weighted by Gasteiger charge is 2.14. The van der Waals surface area contributed by atoms with Gasteiger partial charge in [0.15, 0.2) is 0 Å². The molecule has 1 atom stereocenters. The van der Waals surface area contributed by atoms with Gasteiger partial charge in [-0.2, -0.15) is 0 Å². The van der Waals surface area contributed by atoms with Crippen LogP contribution >= 0.6 is 0 Å². The first-order chi connectivity index (χ1) is 8.97. The number of aliphatic hydroxyl groups excluding tert-OH is 2. The molecule has 0 amide bonds. The molecule has 108 valence electrons. The van der Waals surface area contributed by atoms with Gasteiger partial charge in [0, 0.05) is 31.5 Å². The quantitative estimate of drug-likeness (QED) is 0.748. The molecular weight excluding hydrogens is 245 g/mol. The van der Waals surface area contributed by atoms with Crippen molar-refractivity contribution in [2.75, 3.05) is 25.1 Å². The second-order valence-corrected chi connectivity index (χ2v) is 5.04. The largest absolute Gasteiger partial charge is 0.396 e. The van der Waals surface area contributed by atoms with E-state index in [1.807, 2.05) is 11.9 Å². The van der Waals surface area contributed by atoms with E-state index >= 15 is 0 Å². The molecule has 0 aliphatic rings. The summed E-state index contributed by atoms with van der Waals surface area (Å²) in [5.41, 5.74) is 2.08. The molecule has 0 spiro atoms. The zero-order valence-corrected chi connectivity index (χ0v) is 12.0. The lowest BCUT2D eigenvalue weighted by Crippen LogP contribution is -2.21. The Morgan fingerprint density at radius 3 is 2.53 bits per heavy atom. The molecule has 1 unspecified atom stereocenters. The summed E-state index contributed by atoms with van der Waals surface area (Å²) in [6, 6.07) is 3.20. The van der Waals surface area contributed by atoms with Crippen LogP contribution in [0, 0.1) is 12.7 Å². The molecule has 2 N–H and O–H groups in total. The van der Waals surface area contributed by atoms with Gasteiger partial charge in [0.1, 0.15) is 5.82 Å². The SMILES string of the molecule is Cc1cc(N(C)CCCCCO)c(C(C)O)cc1F. The lowest BCUT2D eigenvalue weighted by atomic mass is 10.0. The van der Waals surface area contributed by atoms with Crippen LogP contribution in [-0.4, -0.2) is 30.4 Å². The van der Waals surface area contributed by atoms with Crippen LogP contribution in [0.3, 0.4) is 0 Å². The second kappa shape index (κ2) is 7.46. The Balaban J connectivity index is 2.82. The third-order valence-corrected chi connectivity index (χ3v) is 3.32. The first-order valence-corrected chi connectivity index (χ1v) is 6.77. The average molecular weight is 269 g/mol. The Kier molecular flexibility index (Phi) is 6.25. The van der Waals surface area contributed by atoms with Crippen LogP contribution in [0.5, 0.6) is 0 Å². The van der Waals surface area contributed by atoms with Crippen molar-refractivity contribution in [3.8, 4) is 0 Å². The van der Waals surface area contributed by atoms with Gasteiger partial charge in [-0.05, 0) is 50.8 Å². The van der Waals surface area contributed by atoms with Crippen LogP contribution in [0.1, 0.15) is 43.4 Å². The summed E-state index contributed by atoms with van der Waals surface area (Å²) in [6.45, 7) is 4.42. The molecule has 0 heterocycles. The number of unbranched alkanes of at least 4 members (excludes halogenated alkanes) is 2. The summed E-state index contributed by atoms with van der Waals surface area (Å²) in [4.78, 5) is 2.03. The zero-order valence-electron chi connectivity index (χ0n) is 12.0. The summed E-state index contributed by atoms with van der Waals surface area (Å²) in [6.07, 6.45) is 2.04. The van der Waals surface area contributed by atoms with Crippen molar-refractivity contribution >= 4 is 5.69 Å². The normalized spacial score (nSPS) is 12.5. The lowest BCUT2D eigenvalue weighted by molar-refractivity contribution is 0.199. The van der Waals surface area contributed by atoms with E-state index in [9.17, 15) is 9.50 Å². The van der Waals surface area contributed by atoms with Crippen molar-refractivity contribution in [2.45, 2.75) is 39.2 Å². The molecule has 0 fully saturated rings. The fraction of sp³-hybridized carbons (Fsp3) is 0.600. The van der Waals surface area contributed by atoms with Crippen molar-refractivity contribution in [2.24, 2.45) is 0 Å². The van der Waals surface area contributed by atoms with Crippen molar-refractivity contribution in [1.82, 2.24) is 0 Å². The molecule has 1 aromatic carbocycles. The highest BCUT2D eigenvalue weighted by atomic mass is 19.1. The van der Waals surface area contributed by atoms with E-state index < -0.39 is 6.10 Å². The molecule has 0 radical (unpaired) electrons. The Bertz CT molecular complexity index is 407. The maximum Gasteiger partial charge on any atom is 0.126 e. The van der Waals surface area contributed by atoms with Gasteiger partial charge in [0.05, 0.1) is 6.10 Å². The van der Waals surface area contributed by atoms with Gasteiger partial charge in [-0.3, -0.25) is 0 Å². The van der Waals surface area contributed by atoms with Gasteiger partial charge >= 0.3 is 0 Å². The predicted molar refractivity (Wildman–Crippen MR) is 76.0 cm³/mol. The predicted octanol–water partition coefficient (Wildman–Crippen LogP) is 2.79. The molecule has 0 aliphatic heterocycles. The van der Waals surface area contributed by atoms with Crippen LogP contribution in [0.25, 0.3) is 0 Å². The van der Waals surface area contributed by atoms with Gasteiger partial charge in [-0.25, -0.2) is 4.39 Å². The molecule has 0 saturated heterocycles. The maximum atomic E-state index is 13.6. The van der Waals surface area contributed by atoms with E-state index in [0.29, 0.717) is 11.1 Å². The first-order valence-electron chi connectivity index (χ1n) is 6.77. The molecule has 1 rings (SSSR count). The molecule has 19 heavy (non-hydrogen) atoms. The zero-order chi connectivity index (χ0) is 14.4. The second-order valence-electron chi connectivity index (χ2n) is 5.04. The summed E-state index contributed by atoms with van der Waals surface area (Å²) in [5, 5.41) is 18.5. The van der Waals surface area contributed by atoms with Crippen molar-refractivity contribution in [3.63, 3.8) is 0 Å². The lowest BCUT2D eigenvalue weighted by Gasteiger charge is -2.24. The third-order valence-electron chi connectivity index (χ3n) is 3.32. The summed E-state index contributed by atoms with van der Waals surface area (Å²) >= 11 is 0. The van der Waals surface area contributed by atoms with E-state index in [-0.39, 0.29) is 12.4 Å². The highest BCUT2D eigenvalue weighted by molar-refractivity contribution is 5.56. The van der Waals surface area contributed by atoms with E-state index in [1.54, 1.807) is 19.9 Å². The number of anilines is 1. The van der Waals surface area contributed by atoms with E-state index in [1.165, 1.54) is 6.07 Å². The summed E-state index contributed by atoms with van der Waals surface area (Å²) < 4.78 is 13.6. The number of halogens is 1. The molecule has 3 nitrogen and oxygen atoms in total. The van der Waals surface area contributed by atoms with Crippen molar-refractivity contribution in [1.29, 1.82) is 0 Å². The van der Waals surface area contributed by atoms with E-state index in [0.717, 1.165) is 31.5 Å². The first kappa shape index (κ1) is 15.9. The monoisotopic (exact) mass is 269 g/mol. The fourth-order valence-electron chi connectivity index (χ4n) is 2.10. The number of rotatable bonds is 7. The molecule has 1 aromatic rings. The average Bonchev–Trinajstić information content (AvgIpc) is 2.36. The minimum atomic E-state index is -0.690. The van der Waals surface area contributed by atoms with Gasteiger partial charge in [0.2, 0.25) is 0 Å². The van der Waals surface area contributed by atoms with Crippen LogP contribution < -0.4 is 4.90 Å². The Hall–Kier alpha value is -1.13. The number of aliphatic hydroxyl groups is 2. The maximum absolute atomic E-state index is 13.6. The summed E-state index contributed by atoms with van der Waals surface area (Å²) in [7, 11) is 1.94. The highest BCUT2D eigenvalue weighted by Crippen LogP contribution is 2.28. The van der Waals surface area contributed by atoms with Crippen LogP contribution in [0.4, 0.5) is 10.1 Å². The van der Waals surface area contributed by atoms with Crippen molar-refractivity contribution in [3.05, 3.63) is 29.1 Å². The fourth-order valence-corrected chi connectivity index (χ4v) is 2.10. The van der Waals surface area contributed by atoms with Crippen LogP contribution in [-0.2, 0) is 0 Å². The molecular formula is C15H24FNO2.